The fourth-order valence-electron chi connectivity index (χ4n) is 2.47. The SMILES string of the molecule is C#CC(=O)O.C#CC(=O)O.C#CC(=O)O.Cc1c2c([c-](C)c1C)CCCC2.[Ti]. The quantitative estimate of drug-likeness (QED) is 0.338. The Hall–Kier alpha value is -2.85. The summed E-state index contributed by atoms with van der Waals surface area (Å²) in [6.07, 6.45) is 18.4. The summed E-state index contributed by atoms with van der Waals surface area (Å²) < 4.78 is 0. The number of aliphatic carboxylic acids is 3. The topological polar surface area (TPSA) is 112 Å². The number of fused-ring (bicyclic) bond motifs is 1. The zero-order chi connectivity index (χ0) is 21.6. The predicted octanol–water partition coefficient (Wildman–Crippen LogP) is 2.32. The molecule has 28 heavy (non-hydrogen) atoms. The van der Waals surface area contributed by atoms with Gasteiger partial charge in [-0.25, -0.2) is 14.4 Å². The van der Waals surface area contributed by atoms with Crippen LogP contribution < -0.4 is 0 Å². The van der Waals surface area contributed by atoms with Gasteiger partial charge in [0.1, 0.15) is 0 Å². The van der Waals surface area contributed by atoms with E-state index in [9.17, 15) is 0 Å². The monoisotopic (exact) mass is 419 g/mol. The molecule has 0 radical (unpaired) electrons. The van der Waals surface area contributed by atoms with Crippen molar-refractivity contribution in [2.24, 2.45) is 0 Å². The Balaban J connectivity index is -0.000000334. The first-order chi connectivity index (χ1) is 12.5. The molecule has 1 aliphatic carbocycles. The second-order valence-corrected chi connectivity index (χ2v) is 5.39. The van der Waals surface area contributed by atoms with Gasteiger partial charge in [0.15, 0.2) is 0 Å². The molecule has 6 nitrogen and oxygen atoms in total. The summed E-state index contributed by atoms with van der Waals surface area (Å²) in [4.78, 5) is 27.4. The maximum Gasteiger partial charge on any atom is 0.381 e. The van der Waals surface area contributed by atoms with Crippen LogP contribution in [0.4, 0.5) is 0 Å². The summed E-state index contributed by atoms with van der Waals surface area (Å²) in [7, 11) is 0. The molecule has 0 aliphatic heterocycles. The van der Waals surface area contributed by atoms with Crippen LogP contribution in [0.1, 0.15) is 40.7 Å². The van der Waals surface area contributed by atoms with E-state index in [1.54, 1.807) is 27.8 Å². The number of hydrogen-bond acceptors (Lipinski definition) is 3. The third-order valence-electron chi connectivity index (χ3n) is 3.87. The average molecular weight is 419 g/mol. The van der Waals surface area contributed by atoms with Gasteiger partial charge in [0.05, 0.1) is 0 Å². The normalized spacial score (nSPS) is 9.86. The van der Waals surface area contributed by atoms with Crippen LogP contribution in [0.3, 0.4) is 0 Å². The number of rotatable bonds is 0. The Morgan fingerprint density at radius 2 is 1.18 bits per heavy atom. The van der Waals surface area contributed by atoms with Crippen LogP contribution in [0.5, 0.6) is 0 Å². The molecular formula is C21H23O6Ti-. The van der Waals surface area contributed by atoms with E-state index in [4.69, 9.17) is 29.7 Å². The minimum Gasteiger partial charge on any atom is -0.472 e. The molecule has 0 amide bonds. The fourth-order valence-corrected chi connectivity index (χ4v) is 2.47. The molecular weight excluding hydrogens is 396 g/mol. The fraction of sp³-hybridized carbons (Fsp3) is 0.333. The van der Waals surface area contributed by atoms with Crippen LogP contribution >= 0.6 is 0 Å². The van der Waals surface area contributed by atoms with E-state index in [-0.39, 0.29) is 21.7 Å². The minimum absolute atomic E-state index is 0. The van der Waals surface area contributed by atoms with Gasteiger partial charge in [0.25, 0.3) is 0 Å². The van der Waals surface area contributed by atoms with Gasteiger partial charge in [-0.1, -0.05) is 46.5 Å². The molecule has 1 aliphatic rings. The van der Waals surface area contributed by atoms with E-state index in [1.165, 1.54) is 43.4 Å². The first kappa shape index (κ1) is 29.9. The van der Waals surface area contributed by atoms with Gasteiger partial charge in [-0.2, -0.15) is 27.8 Å². The molecule has 0 atom stereocenters. The third-order valence-corrected chi connectivity index (χ3v) is 3.87. The van der Waals surface area contributed by atoms with E-state index >= 15 is 0 Å². The van der Waals surface area contributed by atoms with Gasteiger partial charge in [-0.3, -0.25) is 0 Å². The first-order valence-electron chi connectivity index (χ1n) is 7.86. The average Bonchev–Trinajstić information content (AvgIpc) is 2.87. The number of carboxylic acid groups (broad SMARTS) is 3. The van der Waals surface area contributed by atoms with Gasteiger partial charge < -0.3 is 15.3 Å². The van der Waals surface area contributed by atoms with Crippen LogP contribution in [0.25, 0.3) is 0 Å². The summed E-state index contributed by atoms with van der Waals surface area (Å²) in [5.74, 6) is 0.681. The molecule has 0 heterocycles. The van der Waals surface area contributed by atoms with Crippen LogP contribution in [-0.4, -0.2) is 33.2 Å². The summed E-state index contributed by atoms with van der Waals surface area (Å²) in [5, 5.41) is 22.5. The molecule has 0 fully saturated rings. The molecule has 0 saturated carbocycles. The Kier molecular flexibility index (Phi) is 17.4. The van der Waals surface area contributed by atoms with Gasteiger partial charge in [0.2, 0.25) is 0 Å². The van der Waals surface area contributed by atoms with Crippen molar-refractivity contribution in [1.82, 2.24) is 0 Å². The number of carbonyl (C=O) groups is 3. The van der Waals surface area contributed by atoms with Crippen molar-refractivity contribution in [3.63, 3.8) is 0 Å². The Bertz CT molecular complexity index is 710. The van der Waals surface area contributed by atoms with Gasteiger partial charge >= 0.3 is 17.9 Å². The van der Waals surface area contributed by atoms with E-state index in [1.807, 2.05) is 0 Å². The van der Waals surface area contributed by atoms with Crippen molar-refractivity contribution in [2.45, 2.75) is 46.5 Å². The summed E-state index contributed by atoms with van der Waals surface area (Å²) in [6.45, 7) is 6.84. The van der Waals surface area contributed by atoms with E-state index in [2.05, 4.69) is 40.0 Å². The Morgan fingerprint density at radius 1 is 0.857 bits per heavy atom. The van der Waals surface area contributed by atoms with Crippen LogP contribution in [-0.2, 0) is 48.9 Å². The molecule has 1 aromatic carbocycles. The molecule has 7 heteroatoms. The molecule has 0 spiro atoms. The second-order valence-electron chi connectivity index (χ2n) is 5.39. The smallest absolute Gasteiger partial charge is 0.381 e. The van der Waals surface area contributed by atoms with Gasteiger partial charge in [0, 0.05) is 39.5 Å². The molecule has 0 saturated heterocycles. The van der Waals surface area contributed by atoms with E-state index in [0.29, 0.717) is 0 Å². The predicted molar refractivity (Wildman–Crippen MR) is 102 cm³/mol. The van der Waals surface area contributed by atoms with Crippen LogP contribution in [0.2, 0.25) is 0 Å². The Morgan fingerprint density at radius 3 is 1.46 bits per heavy atom. The summed E-state index contributed by atoms with van der Waals surface area (Å²) in [6, 6.07) is 0. The van der Waals surface area contributed by atoms with E-state index in [0.717, 1.165) is 0 Å². The van der Waals surface area contributed by atoms with Gasteiger partial charge in [-0.05, 0) is 0 Å². The van der Waals surface area contributed by atoms with Gasteiger partial charge in [-0.15, -0.1) is 19.3 Å². The minimum atomic E-state index is -1.22. The van der Waals surface area contributed by atoms with E-state index < -0.39 is 17.9 Å². The van der Waals surface area contributed by atoms with Crippen molar-refractivity contribution in [3.8, 4) is 37.0 Å². The van der Waals surface area contributed by atoms with Crippen molar-refractivity contribution in [1.29, 1.82) is 0 Å². The van der Waals surface area contributed by atoms with Crippen LogP contribution in [0, 0.1) is 57.8 Å². The van der Waals surface area contributed by atoms with Crippen LogP contribution in [0.15, 0.2) is 0 Å². The van der Waals surface area contributed by atoms with Crippen molar-refractivity contribution >= 4 is 17.9 Å². The van der Waals surface area contributed by atoms with Crippen molar-refractivity contribution in [2.75, 3.05) is 0 Å². The molecule has 0 bridgehead atoms. The largest absolute Gasteiger partial charge is 0.472 e. The summed E-state index contributed by atoms with van der Waals surface area (Å²) in [5.41, 5.74) is 8.04. The van der Waals surface area contributed by atoms with Crippen molar-refractivity contribution < 1.29 is 51.4 Å². The maximum absolute atomic E-state index is 9.13. The zero-order valence-electron chi connectivity index (χ0n) is 16.1. The first-order valence-corrected chi connectivity index (χ1v) is 7.86. The maximum atomic E-state index is 9.13. The molecule has 0 unspecified atom stereocenters. The molecule has 2 rings (SSSR count). The molecule has 0 aromatic heterocycles. The Labute approximate surface area is 180 Å². The summed E-state index contributed by atoms with van der Waals surface area (Å²) >= 11 is 0. The standard InChI is InChI=1S/C12H17.3C3H2O2.Ti/c1-8-9(2)11-6-4-5-7-12(11)10(8)3;3*1-2-3(4)5;/h4-7H2,1-3H3;3*1H,(H,4,5);/q-1;;;;. The number of hydrogen-bond donors (Lipinski definition) is 3. The third kappa shape index (κ3) is 12.5. The molecule has 3 N–H and O–H groups in total. The zero-order valence-corrected chi connectivity index (χ0v) is 17.7. The second kappa shape index (κ2) is 16.3. The molecule has 1 aromatic rings. The number of carboxylic acids is 3. The number of terminal acetylenes is 3. The van der Waals surface area contributed by atoms with Crippen molar-refractivity contribution in [3.05, 3.63) is 27.8 Å². The molecule has 148 valence electrons.